The van der Waals surface area contributed by atoms with Crippen LogP contribution in [-0.2, 0) is 0 Å². The molecule has 0 heterocycles. The average molecular weight is 249 g/mol. The van der Waals surface area contributed by atoms with Gasteiger partial charge in [-0.1, -0.05) is 66.7 Å². The van der Waals surface area contributed by atoms with E-state index in [4.69, 9.17) is 5.11 Å². The molecule has 0 aliphatic rings. The molecule has 0 saturated carbocycles. The fourth-order valence-corrected chi connectivity index (χ4v) is 2.21. The highest BCUT2D eigenvalue weighted by Gasteiger charge is 2.05. The van der Waals surface area contributed by atoms with E-state index in [1.165, 1.54) is 44.9 Å². The summed E-state index contributed by atoms with van der Waals surface area (Å²) in [5.74, 6) is -1.09. The van der Waals surface area contributed by atoms with Crippen LogP contribution >= 0.6 is 8.38 Å². The van der Waals surface area contributed by atoms with E-state index in [2.05, 4.69) is 6.92 Å². The predicted octanol–water partition coefficient (Wildman–Crippen LogP) is 1.99. The molecule has 0 spiro atoms. The average Bonchev–Trinajstić information content (AvgIpc) is 2.26. The lowest BCUT2D eigenvalue weighted by Crippen LogP contribution is -2.20. The minimum Gasteiger partial charge on any atom is -0.683 e. The number of aliphatic hydroxyl groups excluding tert-OH is 1. The molecule has 0 aromatic rings. The summed E-state index contributed by atoms with van der Waals surface area (Å²) < 4.78 is 0. The minimum atomic E-state index is -2.96. The monoisotopic (exact) mass is 249 g/mol. The molecule has 0 saturated heterocycles. The molecule has 1 N–H and O–H groups in total. The second-order valence-electron chi connectivity index (χ2n) is 4.45. The highest BCUT2D eigenvalue weighted by Crippen LogP contribution is 2.23. The topological polar surface area (TPSA) is 66.3 Å². The van der Waals surface area contributed by atoms with Crippen LogP contribution in [-0.4, -0.2) is 11.0 Å². The largest absolute Gasteiger partial charge is 0.683 e. The zero-order valence-corrected chi connectivity index (χ0v) is 11.4. The Bertz CT molecular complexity index is 142. The van der Waals surface area contributed by atoms with Crippen LogP contribution in [0.4, 0.5) is 0 Å². The standard InChI is InChI=1S/C12H26O3P/c1-2-3-4-5-6-7-8-9-10-11-12(13)16(14)15/h12-13,16H,2-11H2,1H3/q-1. The molecule has 1 unspecified atom stereocenters. The summed E-state index contributed by atoms with van der Waals surface area (Å²) in [6, 6.07) is 0. The van der Waals surface area contributed by atoms with E-state index in [0.29, 0.717) is 6.42 Å². The zero-order chi connectivity index (χ0) is 12.2. The first-order valence-electron chi connectivity index (χ1n) is 6.57. The van der Waals surface area contributed by atoms with Crippen molar-refractivity contribution in [2.24, 2.45) is 0 Å². The number of unbranched alkanes of at least 4 members (excludes halogenated alkanes) is 8. The van der Waals surface area contributed by atoms with Crippen molar-refractivity contribution in [2.45, 2.75) is 77.0 Å². The molecule has 98 valence electrons. The molecule has 0 aromatic carbocycles. The molecular weight excluding hydrogens is 223 g/mol. The van der Waals surface area contributed by atoms with Crippen LogP contribution in [0, 0.1) is 0 Å². The molecule has 4 heteroatoms. The van der Waals surface area contributed by atoms with Gasteiger partial charge in [-0.25, -0.2) is 0 Å². The van der Waals surface area contributed by atoms with Gasteiger partial charge in [0.15, 0.2) is 0 Å². The van der Waals surface area contributed by atoms with E-state index < -0.39 is 14.2 Å². The maximum Gasteiger partial charge on any atom is 0.150 e. The van der Waals surface area contributed by atoms with E-state index in [-0.39, 0.29) is 0 Å². The molecule has 0 fully saturated rings. The first-order chi connectivity index (χ1) is 7.68. The Kier molecular flexibility index (Phi) is 12.0. The van der Waals surface area contributed by atoms with Crippen LogP contribution < -0.4 is 9.79 Å². The Morgan fingerprint density at radius 1 is 0.875 bits per heavy atom. The maximum absolute atomic E-state index is 10.4. The quantitative estimate of drug-likeness (QED) is 0.450. The van der Waals surface area contributed by atoms with Crippen molar-refractivity contribution in [3.63, 3.8) is 0 Å². The van der Waals surface area contributed by atoms with Gasteiger partial charge in [-0.15, -0.1) is 0 Å². The number of hydrogen-bond donors (Lipinski definition) is 1. The van der Waals surface area contributed by atoms with E-state index in [9.17, 15) is 9.79 Å². The summed E-state index contributed by atoms with van der Waals surface area (Å²) in [5.41, 5.74) is 0. The van der Waals surface area contributed by atoms with E-state index in [1.807, 2.05) is 0 Å². The van der Waals surface area contributed by atoms with Crippen molar-refractivity contribution < 1.29 is 14.9 Å². The van der Waals surface area contributed by atoms with Crippen molar-refractivity contribution >= 4 is 8.38 Å². The summed E-state index contributed by atoms with van der Waals surface area (Å²) in [6.45, 7) is 2.22. The van der Waals surface area contributed by atoms with Gasteiger partial charge in [0, 0.05) is 6.42 Å². The van der Waals surface area contributed by atoms with E-state index in [1.54, 1.807) is 0 Å². The normalized spacial score (nSPS) is 13.3. The number of aliphatic hydroxyl groups is 1. The molecular formula is C12H26O3P-. The van der Waals surface area contributed by atoms with Crippen molar-refractivity contribution in [3.8, 4) is 0 Å². The maximum atomic E-state index is 10.4. The molecule has 0 aromatic heterocycles. The number of hydrogen-bond acceptors (Lipinski definition) is 3. The smallest absolute Gasteiger partial charge is 0.150 e. The van der Waals surface area contributed by atoms with Crippen LogP contribution in [0.2, 0.25) is 0 Å². The first kappa shape index (κ1) is 16.3. The van der Waals surface area contributed by atoms with Gasteiger partial charge in [0.2, 0.25) is 0 Å². The Morgan fingerprint density at radius 2 is 1.31 bits per heavy atom. The van der Waals surface area contributed by atoms with Gasteiger partial charge < -0.3 is 14.9 Å². The third-order valence-corrected chi connectivity index (χ3v) is 3.69. The van der Waals surface area contributed by atoms with Crippen molar-refractivity contribution in [1.82, 2.24) is 0 Å². The Labute approximate surface area is 101 Å². The first-order valence-corrected chi connectivity index (χ1v) is 7.96. The number of rotatable bonds is 11. The van der Waals surface area contributed by atoms with Crippen LogP contribution in [0.3, 0.4) is 0 Å². The lowest BCUT2D eigenvalue weighted by Gasteiger charge is -2.22. The molecule has 0 radical (unpaired) electrons. The van der Waals surface area contributed by atoms with Gasteiger partial charge in [-0.2, -0.15) is 0 Å². The lowest BCUT2D eigenvalue weighted by molar-refractivity contribution is -0.300. The summed E-state index contributed by atoms with van der Waals surface area (Å²) in [7, 11) is -2.96. The van der Waals surface area contributed by atoms with Crippen molar-refractivity contribution in [1.29, 1.82) is 0 Å². The molecule has 0 amide bonds. The van der Waals surface area contributed by atoms with Gasteiger partial charge in [-0.3, -0.25) is 0 Å². The molecule has 0 bridgehead atoms. The predicted molar refractivity (Wildman–Crippen MR) is 66.2 cm³/mol. The molecule has 0 aliphatic carbocycles. The second kappa shape index (κ2) is 11.8. The van der Waals surface area contributed by atoms with Crippen LogP contribution in [0.15, 0.2) is 0 Å². The van der Waals surface area contributed by atoms with Gasteiger partial charge >= 0.3 is 0 Å². The van der Waals surface area contributed by atoms with Gasteiger partial charge in [0.25, 0.3) is 0 Å². The zero-order valence-electron chi connectivity index (χ0n) is 10.4. The second-order valence-corrected chi connectivity index (χ2v) is 5.76. The van der Waals surface area contributed by atoms with Gasteiger partial charge in [0.1, 0.15) is 5.85 Å². The summed E-state index contributed by atoms with van der Waals surface area (Å²) in [5, 5.41) is 9.05. The molecule has 3 nitrogen and oxygen atoms in total. The third kappa shape index (κ3) is 10.8. The summed E-state index contributed by atoms with van der Waals surface area (Å²) >= 11 is 0. The third-order valence-electron chi connectivity index (χ3n) is 2.85. The Balaban J connectivity index is 3.04. The van der Waals surface area contributed by atoms with Crippen molar-refractivity contribution in [3.05, 3.63) is 0 Å². The summed E-state index contributed by atoms with van der Waals surface area (Å²) in [6.07, 6.45) is 11.3. The minimum absolute atomic E-state index is 0.414. The Hall–Kier alpha value is 0.310. The van der Waals surface area contributed by atoms with E-state index in [0.717, 1.165) is 12.8 Å². The van der Waals surface area contributed by atoms with Gasteiger partial charge in [0.05, 0.1) is 0 Å². The van der Waals surface area contributed by atoms with Crippen molar-refractivity contribution in [2.75, 3.05) is 0 Å². The van der Waals surface area contributed by atoms with Crippen LogP contribution in [0.5, 0.6) is 0 Å². The molecule has 1 atom stereocenters. The summed E-state index contributed by atoms with van der Waals surface area (Å²) in [4.78, 5) is 20.8. The fraction of sp³-hybridized carbons (Fsp3) is 1.00. The lowest BCUT2D eigenvalue weighted by atomic mass is 10.1. The van der Waals surface area contributed by atoms with Crippen LogP contribution in [0.1, 0.15) is 71.1 Å². The highest BCUT2D eigenvalue weighted by atomic mass is 31.2. The molecule has 0 rings (SSSR count). The Morgan fingerprint density at radius 3 is 1.75 bits per heavy atom. The van der Waals surface area contributed by atoms with Crippen LogP contribution in [0.25, 0.3) is 0 Å². The molecule has 0 aliphatic heterocycles. The highest BCUT2D eigenvalue weighted by molar-refractivity contribution is 7.42. The molecule has 16 heavy (non-hydrogen) atoms. The van der Waals surface area contributed by atoms with E-state index >= 15 is 0 Å². The SMILES string of the molecule is CCCCCCCCCCCC(O)[PH+]([O-])[O-]. The van der Waals surface area contributed by atoms with Gasteiger partial charge in [-0.05, 0) is 6.42 Å². The fourth-order valence-electron chi connectivity index (χ4n) is 1.77.